The van der Waals surface area contributed by atoms with E-state index in [4.69, 9.17) is 7.80 Å². The minimum absolute atomic E-state index is 0.0443. The van der Waals surface area contributed by atoms with E-state index in [1.165, 1.54) is 13.2 Å². The molecule has 1 saturated heterocycles. The number of para-hydroxylation sites is 1. The molecule has 0 saturated carbocycles. The summed E-state index contributed by atoms with van der Waals surface area (Å²) < 4.78 is 25.5. The molecule has 10 nitrogen and oxygen atoms in total. The third-order valence-electron chi connectivity index (χ3n) is 7.20. The Morgan fingerprint density at radius 1 is 1.18 bits per heavy atom. The van der Waals surface area contributed by atoms with Gasteiger partial charge in [-0.25, -0.2) is 0 Å². The van der Waals surface area contributed by atoms with Crippen LogP contribution in [0.5, 0.6) is 5.75 Å². The summed E-state index contributed by atoms with van der Waals surface area (Å²) in [7, 11) is 1.40. The van der Waals surface area contributed by atoms with Gasteiger partial charge in [0.05, 0.1) is 0 Å². The van der Waals surface area contributed by atoms with E-state index in [0.717, 1.165) is 30.6 Å². The summed E-state index contributed by atoms with van der Waals surface area (Å²) in [5.41, 5.74) is 4.28. The van der Waals surface area contributed by atoms with Crippen LogP contribution in [0.15, 0.2) is 36.7 Å². The number of hydrogen-bond donors (Lipinski definition) is 4. The van der Waals surface area contributed by atoms with Crippen molar-refractivity contribution in [2.24, 2.45) is 5.92 Å². The Morgan fingerprint density at radius 2 is 2.03 bits per heavy atom. The number of benzene rings is 1. The number of aromatic amines is 1. The molecule has 0 unspecified atom stereocenters. The molecule has 0 aliphatic carbocycles. The van der Waals surface area contributed by atoms with Crippen LogP contribution < -0.4 is 42.3 Å². The number of aromatic nitrogens is 2. The molecule has 200 valence electrons. The molecule has 7 rings (SSSR count). The van der Waals surface area contributed by atoms with Gasteiger partial charge in [-0.2, -0.15) is 0 Å². The number of carbonyl (C=O) groups is 2. The first-order chi connectivity index (χ1) is 18.5. The summed E-state index contributed by atoms with van der Waals surface area (Å²) in [6.07, 6.45) is 4.95. The molecule has 1 fully saturated rings. The topological polar surface area (TPSA) is 121 Å². The SMILES string of the molecule is COc1c(F)cccc1Nc1c2[nH]c3c1C(=O)NC[C@@H]3[I-]OC(=O)N1CCC(CC1)CNc1cnccc1-2. The van der Waals surface area contributed by atoms with E-state index in [0.29, 0.717) is 53.9 Å². The maximum absolute atomic E-state index is 14.6. The van der Waals surface area contributed by atoms with Crippen molar-refractivity contribution in [1.82, 2.24) is 20.2 Å². The monoisotopic (exact) mass is 633 g/mol. The summed E-state index contributed by atoms with van der Waals surface area (Å²) >= 11 is -1.10. The first kappa shape index (κ1) is 24.8. The summed E-state index contributed by atoms with van der Waals surface area (Å²) in [5, 5.41) is 9.77. The Morgan fingerprint density at radius 3 is 2.84 bits per heavy atom. The van der Waals surface area contributed by atoms with Crippen molar-refractivity contribution in [3.05, 3.63) is 53.7 Å². The molecule has 1 aromatic carbocycles. The van der Waals surface area contributed by atoms with E-state index in [-0.39, 0.29) is 21.7 Å². The van der Waals surface area contributed by atoms with E-state index in [1.807, 2.05) is 6.07 Å². The second-order valence-corrected chi connectivity index (χ2v) is 11.9. The molecular formula is C26H27FIN6O4-. The molecule has 2 aromatic heterocycles. The Bertz CT molecular complexity index is 1390. The number of amides is 2. The molecule has 12 heteroatoms. The quantitative estimate of drug-likeness (QED) is 0.251. The number of rotatable bonds is 3. The van der Waals surface area contributed by atoms with Crippen molar-refractivity contribution in [3.63, 3.8) is 0 Å². The molecule has 4 aliphatic heterocycles. The fourth-order valence-electron chi connectivity index (χ4n) is 5.18. The number of halogens is 2. The zero-order valence-corrected chi connectivity index (χ0v) is 22.8. The van der Waals surface area contributed by atoms with Gasteiger partial charge in [-0.15, -0.1) is 0 Å². The van der Waals surface area contributed by atoms with Gasteiger partial charge in [0, 0.05) is 0 Å². The number of hydrogen-bond acceptors (Lipinski definition) is 7. The Labute approximate surface area is 229 Å². The van der Waals surface area contributed by atoms with E-state index in [9.17, 15) is 14.0 Å². The fraction of sp³-hybridized carbons (Fsp3) is 0.346. The van der Waals surface area contributed by atoms with Crippen LogP contribution in [0.3, 0.4) is 0 Å². The number of methoxy groups -OCH3 is 1. The molecule has 4 bridgehead atoms. The minimum atomic E-state index is -1.10. The Kier molecular flexibility index (Phi) is 6.72. The number of fused-ring (bicyclic) bond motifs is 5. The van der Waals surface area contributed by atoms with Crippen LogP contribution in [0.25, 0.3) is 11.3 Å². The first-order valence-corrected chi connectivity index (χ1v) is 14.6. The van der Waals surface area contributed by atoms with Crippen molar-refractivity contribution in [2.75, 3.05) is 43.9 Å². The molecule has 2 amide bonds. The number of nitrogens with one attached hydrogen (secondary N) is 4. The average molecular weight is 633 g/mol. The van der Waals surface area contributed by atoms with E-state index in [2.05, 4.69) is 25.9 Å². The van der Waals surface area contributed by atoms with Crippen LogP contribution in [-0.2, 0) is 3.07 Å². The van der Waals surface area contributed by atoms with Gasteiger partial charge < -0.3 is 0 Å². The number of ether oxygens (including phenoxy) is 1. The van der Waals surface area contributed by atoms with Gasteiger partial charge in [-0.3, -0.25) is 0 Å². The molecule has 0 radical (unpaired) electrons. The van der Waals surface area contributed by atoms with Gasteiger partial charge in [0.1, 0.15) is 0 Å². The molecule has 38 heavy (non-hydrogen) atoms. The molecule has 4 aliphatic rings. The fourth-order valence-corrected chi connectivity index (χ4v) is 7.11. The number of nitrogens with zero attached hydrogens (tertiary/aromatic N) is 2. The zero-order valence-electron chi connectivity index (χ0n) is 20.6. The summed E-state index contributed by atoms with van der Waals surface area (Å²) in [6, 6.07) is 6.48. The van der Waals surface area contributed by atoms with Gasteiger partial charge in [0.15, 0.2) is 0 Å². The van der Waals surface area contributed by atoms with Crippen LogP contribution in [0.4, 0.5) is 26.2 Å². The number of anilines is 3. The zero-order chi connectivity index (χ0) is 26.2. The Balaban J connectivity index is 1.51. The number of alkyl halides is 1. The van der Waals surface area contributed by atoms with Gasteiger partial charge in [-0.05, 0) is 0 Å². The molecule has 4 N–H and O–H groups in total. The number of carbonyl (C=O) groups excluding carboxylic acids is 2. The van der Waals surface area contributed by atoms with E-state index >= 15 is 0 Å². The molecular weight excluding hydrogens is 606 g/mol. The van der Waals surface area contributed by atoms with Crippen molar-refractivity contribution in [3.8, 4) is 17.0 Å². The summed E-state index contributed by atoms with van der Waals surface area (Å²) in [5.74, 6) is -0.343. The third-order valence-corrected chi connectivity index (χ3v) is 9.51. The van der Waals surface area contributed by atoms with E-state index < -0.39 is 27.4 Å². The van der Waals surface area contributed by atoms with Crippen molar-refractivity contribution < 1.29 is 43.4 Å². The predicted molar refractivity (Wildman–Crippen MR) is 135 cm³/mol. The average Bonchev–Trinajstić information content (AvgIpc) is 3.31. The van der Waals surface area contributed by atoms with Crippen molar-refractivity contribution in [2.45, 2.75) is 16.8 Å². The van der Waals surface area contributed by atoms with Crippen LogP contribution in [0, 0.1) is 11.7 Å². The number of H-pyrrole nitrogens is 1. The second-order valence-electron chi connectivity index (χ2n) is 9.45. The van der Waals surface area contributed by atoms with Gasteiger partial charge in [0.2, 0.25) is 0 Å². The Hall–Kier alpha value is -3.55. The van der Waals surface area contributed by atoms with Gasteiger partial charge >= 0.3 is 230 Å². The van der Waals surface area contributed by atoms with Crippen LogP contribution in [0.2, 0.25) is 0 Å². The molecule has 6 heterocycles. The normalized spacial score (nSPS) is 21.1. The van der Waals surface area contributed by atoms with Gasteiger partial charge in [0.25, 0.3) is 0 Å². The summed E-state index contributed by atoms with van der Waals surface area (Å²) in [4.78, 5) is 35.7. The predicted octanol–water partition coefficient (Wildman–Crippen LogP) is 1.03. The first-order valence-electron chi connectivity index (χ1n) is 12.4. The molecule has 1 atom stereocenters. The second kappa shape index (κ2) is 10.3. The molecule has 3 aromatic rings. The molecule has 0 spiro atoms. The van der Waals surface area contributed by atoms with E-state index in [1.54, 1.807) is 29.4 Å². The van der Waals surface area contributed by atoms with Crippen LogP contribution >= 0.6 is 0 Å². The third kappa shape index (κ3) is 4.50. The van der Waals surface area contributed by atoms with Crippen LogP contribution in [-0.4, -0.2) is 60.2 Å². The van der Waals surface area contributed by atoms with Crippen molar-refractivity contribution >= 4 is 29.1 Å². The van der Waals surface area contributed by atoms with Crippen LogP contribution in [0.1, 0.15) is 32.8 Å². The maximum atomic E-state index is 14.6. The van der Waals surface area contributed by atoms with Crippen molar-refractivity contribution in [1.29, 1.82) is 0 Å². The summed E-state index contributed by atoms with van der Waals surface area (Å²) in [6.45, 7) is 2.41. The number of pyridine rings is 1. The van der Waals surface area contributed by atoms with Gasteiger partial charge in [-0.1, -0.05) is 0 Å². The number of piperidine rings is 1. The standard InChI is InChI=1S/C26H27FIN6O4/c1-37-24-16(27)3-2-4-18(24)32-23-20-22-17(12-31-25(20)35)28-38-26(36)34-9-6-14(7-10-34)11-30-19-13-29-8-5-15(19)21(23)33-22/h2-5,8,13-14,17,30,32-33H,6-7,9-12H2,1H3,(H,31,35)/q-1/t17-/m0/s1.